The lowest BCUT2D eigenvalue weighted by Crippen LogP contribution is -2.45. The maximum atomic E-state index is 5.60. The molecule has 0 heterocycles. The van der Waals surface area contributed by atoms with Gasteiger partial charge >= 0.3 is 0 Å². The van der Waals surface area contributed by atoms with Crippen LogP contribution in [0.1, 0.15) is 83.1 Å². The minimum Gasteiger partial charge on any atom is -0.227 e. The summed E-state index contributed by atoms with van der Waals surface area (Å²) in [5.41, 5.74) is -1.02. The summed E-state index contributed by atoms with van der Waals surface area (Å²) in [6, 6.07) is 0. The molecule has 0 aliphatic carbocycles. The first kappa shape index (κ1) is 20.8. The van der Waals surface area contributed by atoms with Gasteiger partial charge in [-0.3, -0.25) is 0 Å². The van der Waals surface area contributed by atoms with Crippen LogP contribution in [0, 0.1) is 10.8 Å². The van der Waals surface area contributed by atoms with Crippen LogP contribution in [0.5, 0.6) is 0 Å². The van der Waals surface area contributed by atoms with E-state index in [1.54, 1.807) is 13.8 Å². The van der Waals surface area contributed by atoms with Gasteiger partial charge in [-0.05, 0) is 52.4 Å². The maximum Gasteiger partial charge on any atom is 0.228 e. The Kier molecular flexibility index (Phi) is 6.10. The molecule has 0 saturated carbocycles. The molecule has 4 heteroatoms. The van der Waals surface area contributed by atoms with Gasteiger partial charge in [-0.15, -0.1) is 0 Å². The Labute approximate surface area is 131 Å². The standard InChI is InChI=1S/C17H36O4/c1-13(2,3)15(7,8)18-20-17(11,12)21-19-16(9,10)14(4,5)6/h1-12H3. The smallest absolute Gasteiger partial charge is 0.227 e. The third-order valence-electron chi connectivity index (χ3n) is 4.51. The van der Waals surface area contributed by atoms with Gasteiger partial charge in [-0.2, -0.15) is 9.78 Å². The lowest BCUT2D eigenvalue weighted by atomic mass is 9.79. The van der Waals surface area contributed by atoms with Gasteiger partial charge in [0, 0.05) is 0 Å². The molecule has 0 unspecified atom stereocenters. The van der Waals surface area contributed by atoms with Crippen molar-refractivity contribution < 1.29 is 19.6 Å². The fraction of sp³-hybridized carbons (Fsp3) is 1.00. The Balaban J connectivity index is 4.60. The summed E-state index contributed by atoms with van der Waals surface area (Å²) in [7, 11) is 0. The van der Waals surface area contributed by atoms with Crippen molar-refractivity contribution in [2.24, 2.45) is 10.8 Å². The molecule has 0 aliphatic rings. The molecule has 4 nitrogen and oxygen atoms in total. The SMILES string of the molecule is CC(C)(OOC(C)(C)C(C)(C)C)OOC(C)(C)C(C)(C)C. The Morgan fingerprint density at radius 2 is 0.619 bits per heavy atom. The highest BCUT2D eigenvalue weighted by Crippen LogP contribution is 2.36. The van der Waals surface area contributed by atoms with Crippen molar-refractivity contribution in [3.63, 3.8) is 0 Å². The molecule has 0 N–H and O–H groups in total. The molecule has 0 saturated heterocycles. The van der Waals surface area contributed by atoms with Crippen molar-refractivity contribution >= 4 is 0 Å². The summed E-state index contributed by atoms with van der Waals surface area (Å²) in [5, 5.41) is 0. The molecule has 21 heavy (non-hydrogen) atoms. The van der Waals surface area contributed by atoms with E-state index in [4.69, 9.17) is 19.6 Å². The highest BCUT2D eigenvalue weighted by molar-refractivity contribution is 4.83. The molecule has 0 aromatic carbocycles. The molecule has 0 rings (SSSR count). The second-order valence-electron chi connectivity index (χ2n) is 9.25. The Bertz CT molecular complexity index is 298. The average molecular weight is 304 g/mol. The highest BCUT2D eigenvalue weighted by Gasteiger charge is 2.40. The zero-order chi connectivity index (χ0) is 17.3. The molecule has 0 radical (unpaired) electrons. The van der Waals surface area contributed by atoms with Crippen molar-refractivity contribution in [1.82, 2.24) is 0 Å². The Morgan fingerprint density at radius 1 is 0.381 bits per heavy atom. The normalized spacial score (nSPS) is 15.4. The summed E-state index contributed by atoms with van der Waals surface area (Å²) >= 11 is 0. The summed E-state index contributed by atoms with van der Waals surface area (Å²) in [6.45, 7) is 24.1. The monoisotopic (exact) mass is 304 g/mol. The van der Waals surface area contributed by atoms with Crippen LogP contribution in [0.25, 0.3) is 0 Å². The van der Waals surface area contributed by atoms with E-state index in [1.807, 2.05) is 27.7 Å². The van der Waals surface area contributed by atoms with E-state index in [9.17, 15) is 0 Å². The average Bonchev–Trinajstić information content (AvgIpc) is 2.21. The lowest BCUT2D eigenvalue weighted by molar-refractivity contribution is -0.543. The van der Waals surface area contributed by atoms with Gasteiger partial charge in [0.15, 0.2) is 0 Å². The van der Waals surface area contributed by atoms with Crippen LogP contribution in [0.4, 0.5) is 0 Å². The minimum absolute atomic E-state index is 0.0609. The van der Waals surface area contributed by atoms with Crippen LogP contribution in [-0.2, 0) is 19.6 Å². The second-order valence-corrected chi connectivity index (χ2v) is 9.25. The largest absolute Gasteiger partial charge is 0.228 e. The Morgan fingerprint density at radius 3 is 0.810 bits per heavy atom. The van der Waals surface area contributed by atoms with Crippen LogP contribution in [0.15, 0.2) is 0 Å². The van der Waals surface area contributed by atoms with Gasteiger partial charge in [0.05, 0.1) is 0 Å². The third kappa shape index (κ3) is 6.23. The molecule has 128 valence electrons. The van der Waals surface area contributed by atoms with Crippen LogP contribution < -0.4 is 0 Å². The second kappa shape index (κ2) is 6.15. The fourth-order valence-corrected chi connectivity index (χ4v) is 0.673. The molecule has 0 atom stereocenters. The maximum absolute atomic E-state index is 5.60. The van der Waals surface area contributed by atoms with Crippen molar-refractivity contribution in [1.29, 1.82) is 0 Å². The molecule has 0 bridgehead atoms. The number of hydrogen-bond donors (Lipinski definition) is 0. The Hall–Kier alpha value is -0.160. The minimum atomic E-state index is -0.995. The van der Waals surface area contributed by atoms with E-state index < -0.39 is 17.0 Å². The summed E-state index contributed by atoms with van der Waals surface area (Å²) in [6.07, 6.45) is 0. The molecule has 0 aliphatic heterocycles. The molecule has 0 amide bonds. The lowest BCUT2D eigenvalue weighted by Gasteiger charge is -2.41. The number of hydrogen-bond acceptors (Lipinski definition) is 4. The quantitative estimate of drug-likeness (QED) is 0.380. The predicted octanol–water partition coefficient (Wildman–Crippen LogP) is 5.27. The molecule has 0 spiro atoms. The molecule has 0 aromatic heterocycles. The van der Waals surface area contributed by atoms with Gasteiger partial charge in [0.1, 0.15) is 11.2 Å². The first-order valence-electron chi connectivity index (χ1n) is 7.65. The predicted molar refractivity (Wildman–Crippen MR) is 85.5 cm³/mol. The van der Waals surface area contributed by atoms with Gasteiger partial charge < -0.3 is 0 Å². The summed E-state index contributed by atoms with van der Waals surface area (Å²) in [5.74, 6) is -0.995. The molecule has 0 fully saturated rings. The van der Waals surface area contributed by atoms with E-state index in [-0.39, 0.29) is 10.8 Å². The van der Waals surface area contributed by atoms with E-state index in [1.165, 1.54) is 0 Å². The van der Waals surface area contributed by atoms with E-state index in [2.05, 4.69) is 41.5 Å². The van der Waals surface area contributed by atoms with Gasteiger partial charge in [0.2, 0.25) is 5.79 Å². The zero-order valence-electron chi connectivity index (χ0n) is 16.1. The van der Waals surface area contributed by atoms with E-state index >= 15 is 0 Å². The fourth-order valence-electron chi connectivity index (χ4n) is 0.673. The van der Waals surface area contributed by atoms with E-state index in [0.717, 1.165) is 0 Å². The molecule has 0 aromatic rings. The highest BCUT2D eigenvalue weighted by atomic mass is 17.3. The van der Waals surface area contributed by atoms with Crippen LogP contribution in [0.2, 0.25) is 0 Å². The van der Waals surface area contributed by atoms with Gasteiger partial charge in [-0.1, -0.05) is 41.5 Å². The van der Waals surface area contributed by atoms with Crippen molar-refractivity contribution in [3.8, 4) is 0 Å². The molecular weight excluding hydrogens is 268 g/mol. The first-order valence-corrected chi connectivity index (χ1v) is 7.65. The third-order valence-corrected chi connectivity index (χ3v) is 4.51. The van der Waals surface area contributed by atoms with Gasteiger partial charge in [0.25, 0.3) is 0 Å². The number of rotatable bonds is 6. The zero-order valence-corrected chi connectivity index (χ0v) is 16.1. The topological polar surface area (TPSA) is 36.9 Å². The summed E-state index contributed by atoms with van der Waals surface area (Å²) < 4.78 is 0. The first-order chi connectivity index (χ1) is 8.91. The van der Waals surface area contributed by atoms with Crippen LogP contribution in [0.3, 0.4) is 0 Å². The van der Waals surface area contributed by atoms with Crippen LogP contribution >= 0.6 is 0 Å². The van der Waals surface area contributed by atoms with Crippen molar-refractivity contribution in [3.05, 3.63) is 0 Å². The molecular formula is C17H36O4. The summed E-state index contributed by atoms with van der Waals surface area (Å²) in [4.78, 5) is 22.2. The van der Waals surface area contributed by atoms with Crippen molar-refractivity contribution in [2.45, 2.75) is 100 Å². The van der Waals surface area contributed by atoms with Crippen molar-refractivity contribution in [2.75, 3.05) is 0 Å². The van der Waals surface area contributed by atoms with Crippen LogP contribution in [-0.4, -0.2) is 17.0 Å². The van der Waals surface area contributed by atoms with E-state index in [0.29, 0.717) is 0 Å². The van der Waals surface area contributed by atoms with Gasteiger partial charge in [-0.25, -0.2) is 9.78 Å².